The van der Waals surface area contributed by atoms with Crippen molar-refractivity contribution < 1.29 is 23.1 Å². The number of nitrogens with zero attached hydrogens (tertiary/aromatic N) is 2. The Labute approximate surface area is 93.8 Å². The zero-order chi connectivity index (χ0) is 12.5. The summed E-state index contributed by atoms with van der Waals surface area (Å²) >= 11 is 0. The van der Waals surface area contributed by atoms with Crippen molar-refractivity contribution in [1.29, 1.82) is 0 Å². The van der Waals surface area contributed by atoms with Gasteiger partial charge < -0.3 is 5.11 Å². The van der Waals surface area contributed by atoms with Gasteiger partial charge in [-0.05, 0) is 13.3 Å². The van der Waals surface area contributed by atoms with Crippen LogP contribution in [0.2, 0.25) is 0 Å². The first-order valence-corrected chi connectivity index (χ1v) is 6.19. The average Bonchev–Trinajstić information content (AvgIpc) is 2.32. The van der Waals surface area contributed by atoms with Crippen molar-refractivity contribution in [3.63, 3.8) is 0 Å². The van der Waals surface area contributed by atoms with Crippen molar-refractivity contribution >= 4 is 22.1 Å². The van der Waals surface area contributed by atoms with Crippen LogP contribution in [0, 0.1) is 0 Å². The normalized spacial score (nSPS) is 25.0. The zero-order valence-corrected chi connectivity index (χ0v) is 9.90. The van der Waals surface area contributed by atoms with E-state index in [9.17, 15) is 18.0 Å². The number of carbonyl (C=O) groups excluding carboxylic acids is 1. The monoisotopic (exact) mass is 250 g/mol. The Bertz CT molecular complexity index is 405. The molecule has 0 aromatic heterocycles. The van der Waals surface area contributed by atoms with E-state index in [0.29, 0.717) is 4.31 Å². The summed E-state index contributed by atoms with van der Waals surface area (Å²) in [5.41, 5.74) is 0. The lowest BCUT2D eigenvalue weighted by atomic mass is 10.2. The third-order valence-electron chi connectivity index (χ3n) is 2.51. The summed E-state index contributed by atoms with van der Waals surface area (Å²) in [6.45, 7) is 1.54. The molecule has 1 atom stereocenters. The predicted molar refractivity (Wildman–Crippen MR) is 54.7 cm³/mol. The molecule has 1 saturated heterocycles. The molecule has 8 heteroatoms. The average molecular weight is 250 g/mol. The molecule has 1 rings (SSSR count). The minimum Gasteiger partial charge on any atom is -0.481 e. The first kappa shape index (κ1) is 12.9. The summed E-state index contributed by atoms with van der Waals surface area (Å²) in [4.78, 5) is 21.7. The topological polar surface area (TPSA) is 95.0 Å². The van der Waals surface area contributed by atoms with Gasteiger partial charge in [0.05, 0.1) is 0 Å². The SMILES string of the molecule is CC1C(=O)N(C)S(=O)(=O)N1CCCC(=O)O. The van der Waals surface area contributed by atoms with Crippen LogP contribution in [0.5, 0.6) is 0 Å². The molecule has 1 unspecified atom stereocenters. The van der Waals surface area contributed by atoms with Gasteiger partial charge in [-0.25, -0.2) is 4.31 Å². The second-order valence-corrected chi connectivity index (χ2v) is 5.51. The van der Waals surface area contributed by atoms with Gasteiger partial charge >= 0.3 is 16.2 Å². The number of rotatable bonds is 4. The highest BCUT2D eigenvalue weighted by molar-refractivity contribution is 7.87. The van der Waals surface area contributed by atoms with E-state index in [4.69, 9.17) is 5.11 Å². The summed E-state index contributed by atoms with van der Waals surface area (Å²) in [6.07, 6.45) is 0.0800. The quantitative estimate of drug-likeness (QED) is 0.709. The van der Waals surface area contributed by atoms with Crippen LogP contribution < -0.4 is 0 Å². The van der Waals surface area contributed by atoms with Crippen LogP contribution in [0.25, 0.3) is 0 Å². The van der Waals surface area contributed by atoms with Crippen LogP contribution in [0.3, 0.4) is 0 Å². The van der Waals surface area contributed by atoms with Gasteiger partial charge in [-0.2, -0.15) is 12.7 Å². The number of amides is 1. The second-order valence-electron chi connectivity index (χ2n) is 3.60. The van der Waals surface area contributed by atoms with Crippen molar-refractivity contribution in [2.24, 2.45) is 0 Å². The fraction of sp³-hybridized carbons (Fsp3) is 0.750. The highest BCUT2D eigenvalue weighted by Crippen LogP contribution is 2.22. The van der Waals surface area contributed by atoms with E-state index in [1.807, 2.05) is 0 Å². The highest BCUT2D eigenvalue weighted by atomic mass is 32.2. The molecule has 92 valence electrons. The molecule has 0 aliphatic carbocycles. The summed E-state index contributed by atoms with van der Waals surface area (Å²) < 4.78 is 25.1. The maximum atomic E-state index is 11.7. The predicted octanol–water partition coefficient (Wildman–Crippen LogP) is -0.741. The van der Waals surface area contributed by atoms with E-state index < -0.39 is 28.1 Å². The molecule has 0 radical (unpaired) electrons. The molecule has 0 aromatic carbocycles. The number of aliphatic carboxylic acids is 1. The van der Waals surface area contributed by atoms with Gasteiger partial charge in [0.25, 0.3) is 5.91 Å². The molecular weight excluding hydrogens is 236 g/mol. The van der Waals surface area contributed by atoms with Gasteiger partial charge in [-0.3, -0.25) is 9.59 Å². The lowest BCUT2D eigenvalue weighted by Gasteiger charge is -2.16. The first-order valence-electron chi connectivity index (χ1n) is 4.80. The number of hydrogen-bond acceptors (Lipinski definition) is 4. The Morgan fingerprint density at radius 1 is 1.50 bits per heavy atom. The number of carboxylic acids is 1. The fourth-order valence-corrected chi connectivity index (χ4v) is 3.10. The van der Waals surface area contributed by atoms with Crippen molar-refractivity contribution in [1.82, 2.24) is 8.61 Å². The maximum Gasteiger partial charge on any atom is 0.306 e. The molecule has 0 aromatic rings. The Morgan fingerprint density at radius 2 is 2.06 bits per heavy atom. The van der Waals surface area contributed by atoms with Crippen LogP contribution in [-0.2, 0) is 19.8 Å². The number of likely N-dealkylation sites (N-methyl/N-ethyl adjacent to an activating group) is 1. The molecule has 1 fully saturated rings. The van der Waals surface area contributed by atoms with Gasteiger partial charge in [0.1, 0.15) is 6.04 Å². The van der Waals surface area contributed by atoms with Crippen molar-refractivity contribution in [3.8, 4) is 0 Å². The largest absolute Gasteiger partial charge is 0.481 e. The van der Waals surface area contributed by atoms with Crippen LogP contribution in [-0.4, -0.2) is 53.6 Å². The van der Waals surface area contributed by atoms with Crippen molar-refractivity contribution in [2.45, 2.75) is 25.8 Å². The maximum absolute atomic E-state index is 11.7. The number of carbonyl (C=O) groups is 2. The summed E-state index contributed by atoms with van der Waals surface area (Å²) in [5, 5.41) is 8.44. The van der Waals surface area contributed by atoms with E-state index >= 15 is 0 Å². The zero-order valence-electron chi connectivity index (χ0n) is 9.08. The third-order valence-corrected chi connectivity index (χ3v) is 4.47. The van der Waals surface area contributed by atoms with Gasteiger partial charge in [-0.15, -0.1) is 0 Å². The van der Waals surface area contributed by atoms with E-state index in [0.717, 1.165) is 4.31 Å². The molecular formula is C8H14N2O5S. The Hall–Kier alpha value is -1.15. The van der Waals surface area contributed by atoms with E-state index in [1.54, 1.807) is 0 Å². The number of hydrogen-bond donors (Lipinski definition) is 1. The van der Waals surface area contributed by atoms with Gasteiger partial charge in [0.15, 0.2) is 0 Å². The highest BCUT2D eigenvalue weighted by Gasteiger charge is 2.45. The van der Waals surface area contributed by atoms with Crippen LogP contribution >= 0.6 is 0 Å². The van der Waals surface area contributed by atoms with Gasteiger partial charge in [-0.1, -0.05) is 0 Å². The lowest BCUT2D eigenvalue weighted by Crippen LogP contribution is -2.34. The van der Waals surface area contributed by atoms with E-state index in [1.165, 1.54) is 14.0 Å². The molecule has 1 N–H and O–H groups in total. The van der Waals surface area contributed by atoms with Gasteiger partial charge in [0, 0.05) is 20.0 Å². The molecule has 0 bridgehead atoms. The van der Waals surface area contributed by atoms with Gasteiger partial charge in [0.2, 0.25) is 0 Å². The summed E-state index contributed by atoms with van der Waals surface area (Å²) in [5.74, 6) is -1.47. The molecule has 7 nitrogen and oxygen atoms in total. The Morgan fingerprint density at radius 3 is 2.44 bits per heavy atom. The molecule has 1 amide bonds. The molecule has 0 saturated carbocycles. The van der Waals surface area contributed by atoms with E-state index in [-0.39, 0.29) is 19.4 Å². The van der Waals surface area contributed by atoms with Crippen LogP contribution in [0.4, 0.5) is 0 Å². The second kappa shape index (κ2) is 4.38. The third kappa shape index (κ3) is 2.17. The lowest BCUT2D eigenvalue weighted by molar-refractivity contribution is -0.137. The number of carboxylic acid groups (broad SMARTS) is 1. The van der Waals surface area contributed by atoms with E-state index in [2.05, 4.69) is 0 Å². The van der Waals surface area contributed by atoms with Crippen LogP contribution in [0.15, 0.2) is 0 Å². The minimum atomic E-state index is -3.74. The molecule has 1 heterocycles. The van der Waals surface area contributed by atoms with Crippen molar-refractivity contribution in [3.05, 3.63) is 0 Å². The standard InChI is InChI=1S/C8H14N2O5S/c1-6-8(13)9(2)16(14,15)10(6)5-3-4-7(11)12/h6H,3-5H2,1-2H3,(H,11,12). The molecule has 16 heavy (non-hydrogen) atoms. The minimum absolute atomic E-state index is 0.0475. The molecule has 0 spiro atoms. The van der Waals surface area contributed by atoms with Crippen LogP contribution in [0.1, 0.15) is 19.8 Å². The summed E-state index contributed by atoms with van der Waals surface area (Å²) in [7, 11) is -2.54. The molecule has 1 aliphatic rings. The Kier molecular flexibility index (Phi) is 3.54. The first-order chi connectivity index (χ1) is 7.28. The van der Waals surface area contributed by atoms with Crippen molar-refractivity contribution in [2.75, 3.05) is 13.6 Å². The smallest absolute Gasteiger partial charge is 0.306 e. The fourth-order valence-electron chi connectivity index (χ4n) is 1.55. The Balaban J connectivity index is 2.73. The molecule has 1 aliphatic heterocycles. The summed E-state index contributed by atoms with van der Waals surface area (Å²) in [6, 6.07) is -0.746.